The third-order valence-corrected chi connectivity index (χ3v) is 3.61. The predicted molar refractivity (Wildman–Crippen MR) is 90.2 cm³/mol. The Hall–Kier alpha value is -3.08. The molecule has 0 spiro atoms. The maximum absolute atomic E-state index is 12.3. The summed E-state index contributed by atoms with van der Waals surface area (Å²) in [4.78, 5) is 26.3. The molecule has 116 valence electrons. The molecule has 0 aliphatic rings. The Morgan fingerprint density at radius 2 is 1.61 bits per heavy atom. The number of fused-ring (bicyclic) bond motifs is 1. The molecule has 2 aromatic carbocycles. The van der Waals surface area contributed by atoms with Gasteiger partial charge in [-0.1, -0.05) is 12.1 Å². The van der Waals surface area contributed by atoms with Gasteiger partial charge in [-0.25, -0.2) is 0 Å². The van der Waals surface area contributed by atoms with E-state index in [1.807, 2.05) is 31.1 Å². The van der Waals surface area contributed by atoms with Gasteiger partial charge in [-0.3, -0.25) is 9.59 Å². The summed E-state index contributed by atoms with van der Waals surface area (Å²) in [6.45, 7) is 0. The zero-order valence-corrected chi connectivity index (χ0v) is 12.7. The Kier molecular flexibility index (Phi) is 3.62. The number of benzene rings is 1. The molecule has 0 saturated carbocycles. The Bertz CT molecular complexity index is 988. The van der Waals surface area contributed by atoms with E-state index in [-0.39, 0.29) is 16.7 Å². The topological polar surface area (TPSA) is 70.8 Å². The first kappa shape index (κ1) is 14.8. The second kappa shape index (κ2) is 5.61. The van der Waals surface area contributed by atoms with Crippen molar-refractivity contribution in [1.29, 1.82) is 0 Å². The first-order valence-corrected chi connectivity index (χ1v) is 7.06. The Balaban J connectivity index is 2.31. The van der Waals surface area contributed by atoms with Crippen LogP contribution < -0.4 is 15.8 Å². The quantitative estimate of drug-likeness (QED) is 0.788. The third-order valence-electron chi connectivity index (χ3n) is 3.61. The molecule has 0 bridgehead atoms. The van der Waals surface area contributed by atoms with Crippen LogP contribution in [0.5, 0.6) is 5.75 Å². The van der Waals surface area contributed by atoms with Crippen molar-refractivity contribution >= 4 is 16.7 Å². The molecule has 1 N–H and O–H groups in total. The van der Waals surface area contributed by atoms with Gasteiger partial charge in [0.2, 0.25) is 16.6 Å². The molecule has 1 aromatic heterocycles. The molecule has 0 radical (unpaired) electrons. The van der Waals surface area contributed by atoms with Crippen LogP contribution in [-0.4, -0.2) is 19.2 Å². The van der Waals surface area contributed by atoms with Crippen LogP contribution in [0.1, 0.15) is 0 Å². The number of aromatic hydroxyl groups is 1. The highest BCUT2D eigenvalue weighted by molar-refractivity contribution is 5.81. The van der Waals surface area contributed by atoms with Crippen molar-refractivity contribution in [3.63, 3.8) is 0 Å². The van der Waals surface area contributed by atoms with E-state index in [1.165, 1.54) is 18.2 Å². The molecule has 23 heavy (non-hydrogen) atoms. The number of anilines is 1. The maximum Gasteiger partial charge on any atom is 0.235 e. The van der Waals surface area contributed by atoms with Crippen molar-refractivity contribution < 1.29 is 9.52 Å². The smallest absolute Gasteiger partial charge is 0.235 e. The van der Waals surface area contributed by atoms with Crippen molar-refractivity contribution in [2.45, 2.75) is 0 Å². The minimum absolute atomic E-state index is 0.00361. The summed E-state index contributed by atoms with van der Waals surface area (Å²) in [6.07, 6.45) is 0. The highest BCUT2D eigenvalue weighted by Crippen LogP contribution is 2.29. The van der Waals surface area contributed by atoms with Crippen molar-refractivity contribution in [2.75, 3.05) is 19.0 Å². The van der Waals surface area contributed by atoms with Gasteiger partial charge in [0.05, 0.1) is 5.39 Å². The first-order valence-electron chi connectivity index (χ1n) is 7.06. The Labute approximate surface area is 132 Å². The van der Waals surface area contributed by atoms with Crippen LogP contribution in [0.25, 0.3) is 22.3 Å². The largest absolute Gasteiger partial charge is 0.502 e. The van der Waals surface area contributed by atoms with E-state index in [4.69, 9.17) is 4.42 Å². The van der Waals surface area contributed by atoms with Crippen LogP contribution in [-0.2, 0) is 0 Å². The standard InChI is InChI=1S/C18H15NO4/c1-19(2)12-9-7-11(8-10-12)17-16(22)15(21)13-5-3-4-6-14(20)18(13)23-17/h3-10,22H,1-2H3. The van der Waals surface area contributed by atoms with E-state index in [1.54, 1.807) is 18.2 Å². The van der Waals surface area contributed by atoms with Gasteiger partial charge >= 0.3 is 0 Å². The summed E-state index contributed by atoms with van der Waals surface area (Å²) in [5.41, 5.74) is 0.397. The van der Waals surface area contributed by atoms with Crippen molar-refractivity contribution in [2.24, 2.45) is 0 Å². The van der Waals surface area contributed by atoms with Gasteiger partial charge in [-0.2, -0.15) is 0 Å². The van der Waals surface area contributed by atoms with Gasteiger partial charge in [0.1, 0.15) is 0 Å². The lowest BCUT2D eigenvalue weighted by atomic mass is 10.1. The lowest BCUT2D eigenvalue weighted by molar-refractivity contribution is 0.449. The zero-order valence-electron chi connectivity index (χ0n) is 12.7. The van der Waals surface area contributed by atoms with Gasteiger partial charge in [0.15, 0.2) is 11.3 Å². The molecule has 0 saturated heterocycles. The molecular weight excluding hydrogens is 294 g/mol. The van der Waals surface area contributed by atoms with E-state index < -0.39 is 16.6 Å². The SMILES string of the molecule is CN(C)c1ccc(-c2oc3c(=O)ccccc3c(=O)c2O)cc1. The molecule has 1 heterocycles. The normalized spacial score (nSPS) is 10.7. The molecule has 0 fully saturated rings. The van der Waals surface area contributed by atoms with Gasteiger partial charge in [-0.15, -0.1) is 0 Å². The van der Waals surface area contributed by atoms with Crippen LogP contribution in [0, 0.1) is 0 Å². The summed E-state index contributed by atoms with van der Waals surface area (Å²) in [5, 5.41) is 10.2. The molecule has 5 nitrogen and oxygen atoms in total. The fourth-order valence-corrected chi connectivity index (χ4v) is 2.35. The average Bonchev–Trinajstić information content (AvgIpc) is 2.73. The predicted octanol–water partition coefficient (Wildman–Crippen LogP) is 2.59. The van der Waals surface area contributed by atoms with Crippen LogP contribution in [0.3, 0.4) is 0 Å². The van der Waals surface area contributed by atoms with Crippen molar-refractivity contribution in [1.82, 2.24) is 0 Å². The van der Waals surface area contributed by atoms with Gasteiger partial charge < -0.3 is 14.4 Å². The summed E-state index contributed by atoms with van der Waals surface area (Å²) < 4.78 is 5.57. The molecule has 0 amide bonds. The second-order valence-corrected chi connectivity index (χ2v) is 5.38. The van der Waals surface area contributed by atoms with Gasteiger partial charge in [-0.05, 0) is 36.4 Å². The summed E-state index contributed by atoms with van der Waals surface area (Å²) in [6, 6.07) is 13.0. The van der Waals surface area contributed by atoms with E-state index in [9.17, 15) is 14.7 Å². The number of rotatable bonds is 2. The molecule has 3 aromatic rings. The Morgan fingerprint density at radius 1 is 0.957 bits per heavy atom. The molecule has 0 unspecified atom stereocenters. The van der Waals surface area contributed by atoms with Crippen LogP contribution in [0.15, 0.2) is 62.5 Å². The number of nitrogens with zero attached hydrogens (tertiary/aromatic N) is 1. The fraction of sp³-hybridized carbons (Fsp3) is 0.111. The molecule has 5 heteroatoms. The summed E-state index contributed by atoms with van der Waals surface area (Å²) in [7, 11) is 3.82. The number of hydrogen-bond acceptors (Lipinski definition) is 5. The van der Waals surface area contributed by atoms with Gasteiger partial charge in [0.25, 0.3) is 0 Å². The minimum Gasteiger partial charge on any atom is -0.502 e. The minimum atomic E-state index is -0.619. The van der Waals surface area contributed by atoms with Crippen LogP contribution in [0.2, 0.25) is 0 Å². The van der Waals surface area contributed by atoms with E-state index >= 15 is 0 Å². The average molecular weight is 309 g/mol. The van der Waals surface area contributed by atoms with E-state index in [0.717, 1.165) is 5.69 Å². The highest BCUT2D eigenvalue weighted by Gasteiger charge is 2.16. The highest BCUT2D eigenvalue weighted by atomic mass is 16.4. The first-order chi connectivity index (χ1) is 11.0. The number of hydrogen-bond donors (Lipinski definition) is 1. The van der Waals surface area contributed by atoms with E-state index in [2.05, 4.69) is 0 Å². The summed E-state index contributed by atoms with van der Waals surface area (Å²) >= 11 is 0. The third kappa shape index (κ3) is 2.57. The molecule has 0 aliphatic heterocycles. The van der Waals surface area contributed by atoms with Crippen LogP contribution >= 0.6 is 0 Å². The van der Waals surface area contributed by atoms with Crippen molar-refractivity contribution in [3.8, 4) is 17.1 Å². The molecule has 0 aliphatic carbocycles. The summed E-state index contributed by atoms with van der Waals surface area (Å²) in [5.74, 6) is -0.503. The lowest BCUT2D eigenvalue weighted by Crippen LogP contribution is -2.08. The molecule has 0 atom stereocenters. The van der Waals surface area contributed by atoms with Gasteiger partial charge in [0, 0.05) is 25.3 Å². The van der Waals surface area contributed by atoms with Crippen LogP contribution in [0.4, 0.5) is 5.69 Å². The molecule has 3 rings (SSSR count). The monoisotopic (exact) mass is 309 g/mol. The lowest BCUT2D eigenvalue weighted by Gasteiger charge is -2.12. The fourth-order valence-electron chi connectivity index (χ4n) is 2.35. The van der Waals surface area contributed by atoms with Crippen molar-refractivity contribution in [3.05, 3.63) is 69.0 Å². The zero-order chi connectivity index (χ0) is 16.6. The maximum atomic E-state index is 12.3. The van der Waals surface area contributed by atoms with E-state index in [0.29, 0.717) is 5.56 Å². The second-order valence-electron chi connectivity index (χ2n) is 5.38. The Morgan fingerprint density at radius 3 is 2.26 bits per heavy atom. The molecular formula is C18H15NO4.